The molecule has 6 heteroatoms. The normalized spacial score (nSPS) is 17.3. The third-order valence-corrected chi connectivity index (χ3v) is 3.55. The largest absolute Gasteiger partial charge is 0.480 e. The van der Waals surface area contributed by atoms with Crippen LogP contribution in [0.25, 0.3) is 6.08 Å². The maximum atomic E-state index is 11.9. The molecule has 0 saturated carbocycles. The van der Waals surface area contributed by atoms with Crippen molar-refractivity contribution in [3.63, 3.8) is 0 Å². The van der Waals surface area contributed by atoms with Crippen LogP contribution in [-0.4, -0.2) is 33.7 Å². The molecule has 0 aromatic heterocycles. The number of aryl methyl sites for hydroxylation is 1. The van der Waals surface area contributed by atoms with Gasteiger partial charge in [0.15, 0.2) is 0 Å². The van der Waals surface area contributed by atoms with E-state index in [9.17, 15) is 14.4 Å². The Balaban J connectivity index is 2.28. The van der Waals surface area contributed by atoms with Gasteiger partial charge in [-0.3, -0.25) is 19.3 Å². The molecule has 1 aromatic carbocycles. The number of benzene rings is 1. The van der Waals surface area contributed by atoms with E-state index in [1.165, 1.54) is 0 Å². The lowest BCUT2D eigenvalue weighted by Gasteiger charge is -2.07. The Bertz CT molecular complexity index is 594. The minimum Gasteiger partial charge on any atom is -0.480 e. The second kappa shape index (κ2) is 5.27. The average molecular weight is 277 g/mol. The van der Waals surface area contributed by atoms with Gasteiger partial charge in [0.1, 0.15) is 6.54 Å². The van der Waals surface area contributed by atoms with E-state index in [1.54, 1.807) is 6.08 Å². The first-order valence-corrected chi connectivity index (χ1v) is 6.33. The smallest absolute Gasteiger partial charge is 0.323 e. The lowest BCUT2D eigenvalue weighted by Crippen LogP contribution is -2.33. The first kappa shape index (κ1) is 13.4. The van der Waals surface area contributed by atoms with Crippen molar-refractivity contribution in [3.05, 3.63) is 40.3 Å². The first-order valence-electron chi connectivity index (χ1n) is 5.52. The number of thioether (sulfide) groups is 1. The number of amides is 2. The van der Waals surface area contributed by atoms with E-state index < -0.39 is 23.7 Å². The Labute approximate surface area is 113 Å². The number of carbonyl (C=O) groups is 3. The van der Waals surface area contributed by atoms with Crippen molar-refractivity contribution in [2.24, 2.45) is 0 Å². The predicted octanol–water partition coefficient (Wildman–Crippen LogP) is 2.12. The summed E-state index contributed by atoms with van der Waals surface area (Å²) in [5, 5.41) is 8.11. The fourth-order valence-corrected chi connectivity index (χ4v) is 2.49. The third kappa shape index (κ3) is 2.85. The molecular weight excluding hydrogens is 266 g/mol. The number of rotatable bonds is 3. The Morgan fingerprint density at radius 2 is 2.05 bits per heavy atom. The maximum Gasteiger partial charge on any atom is 0.323 e. The highest BCUT2D eigenvalue weighted by Gasteiger charge is 2.36. The van der Waals surface area contributed by atoms with Gasteiger partial charge in [0, 0.05) is 0 Å². The van der Waals surface area contributed by atoms with Crippen LogP contribution in [0.15, 0.2) is 29.2 Å². The van der Waals surface area contributed by atoms with Gasteiger partial charge in [0.05, 0.1) is 4.91 Å². The minimum atomic E-state index is -1.21. The second-order valence-corrected chi connectivity index (χ2v) is 5.01. The highest BCUT2D eigenvalue weighted by molar-refractivity contribution is 8.18. The molecule has 2 amide bonds. The van der Waals surface area contributed by atoms with Crippen molar-refractivity contribution >= 4 is 35.0 Å². The zero-order valence-electron chi connectivity index (χ0n) is 10.1. The van der Waals surface area contributed by atoms with E-state index in [-0.39, 0.29) is 4.91 Å². The Kier molecular flexibility index (Phi) is 3.71. The fourth-order valence-electron chi connectivity index (χ4n) is 1.66. The zero-order chi connectivity index (χ0) is 14.0. The van der Waals surface area contributed by atoms with E-state index in [0.717, 1.165) is 27.8 Å². The first-order chi connectivity index (χ1) is 8.99. The third-order valence-electron chi connectivity index (χ3n) is 2.64. The van der Waals surface area contributed by atoms with E-state index in [1.807, 2.05) is 31.2 Å². The number of hydrogen-bond acceptors (Lipinski definition) is 4. The van der Waals surface area contributed by atoms with Gasteiger partial charge in [0.25, 0.3) is 11.1 Å². The molecule has 1 fully saturated rings. The Morgan fingerprint density at radius 1 is 1.37 bits per heavy atom. The molecule has 0 atom stereocenters. The molecule has 1 heterocycles. The highest BCUT2D eigenvalue weighted by atomic mass is 32.2. The molecule has 0 unspecified atom stereocenters. The average Bonchev–Trinajstić information content (AvgIpc) is 2.60. The molecule has 1 aliphatic heterocycles. The van der Waals surface area contributed by atoms with Gasteiger partial charge in [-0.05, 0) is 35.9 Å². The number of carboxylic acids is 1. The molecule has 5 nitrogen and oxygen atoms in total. The number of carboxylic acid groups (broad SMARTS) is 1. The maximum absolute atomic E-state index is 11.9. The molecule has 0 bridgehead atoms. The Hall–Kier alpha value is -2.08. The van der Waals surface area contributed by atoms with E-state index in [2.05, 4.69) is 0 Å². The van der Waals surface area contributed by atoms with Gasteiger partial charge >= 0.3 is 5.97 Å². The fraction of sp³-hybridized carbons (Fsp3) is 0.154. The van der Waals surface area contributed by atoms with Crippen LogP contribution in [-0.2, 0) is 9.59 Å². The van der Waals surface area contributed by atoms with Crippen LogP contribution in [0, 0.1) is 6.92 Å². The SMILES string of the molecule is Cc1ccccc1/C=C1/SC(=O)N(CC(=O)O)C1=O. The molecule has 1 saturated heterocycles. The minimum absolute atomic E-state index is 0.251. The van der Waals surface area contributed by atoms with Gasteiger partial charge in [-0.1, -0.05) is 24.3 Å². The van der Waals surface area contributed by atoms with Crippen molar-refractivity contribution in [2.75, 3.05) is 6.54 Å². The summed E-state index contributed by atoms with van der Waals surface area (Å²) >= 11 is 0.763. The van der Waals surface area contributed by atoms with Crippen molar-refractivity contribution in [1.29, 1.82) is 0 Å². The number of nitrogens with zero attached hydrogens (tertiary/aromatic N) is 1. The topological polar surface area (TPSA) is 74.7 Å². The highest BCUT2D eigenvalue weighted by Crippen LogP contribution is 2.32. The molecule has 2 rings (SSSR count). The molecule has 98 valence electrons. The number of hydrogen-bond donors (Lipinski definition) is 1. The summed E-state index contributed by atoms with van der Waals surface area (Å²) in [5.74, 6) is -1.76. The number of imide groups is 1. The van der Waals surface area contributed by atoms with Gasteiger partial charge in [-0.2, -0.15) is 0 Å². The number of carbonyl (C=O) groups excluding carboxylic acids is 2. The summed E-state index contributed by atoms with van der Waals surface area (Å²) in [6.07, 6.45) is 1.61. The van der Waals surface area contributed by atoms with Crippen molar-refractivity contribution in [2.45, 2.75) is 6.92 Å². The van der Waals surface area contributed by atoms with Gasteiger partial charge in [-0.15, -0.1) is 0 Å². The summed E-state index contributed by atoms with van der Waals surface area (Å²) in [4.78, 5) is 35.1. The lowest BCUT2D eigenvalue weighted by molar-refractivity contribution is -0.140. The molecular formula is C13H11NO4S. The lowest BCUT2D eigenvalue weighted by atomic mass is 10.1. The quantitative estimate of drug-likeness (QED) is 0.856. The van der Waals surface area contributed by atoms with Crippen molar-refractivity contribution in [1.82, 2.24) is 4.90 Å². The van der Waals surface area contributed by atoms with Crippen molar-refractivity contribution in [3.8, 4) is 0 Å². The molecule has 0 aliphatic carbocycles. The van der Waals surface area contributed by atoms with Crippen LogP contribution in [0.3, 0.4) is 0 Å². The summed E-state index contributed by atoms with van der Waals surface area (Å²) in [6.45, 7) is 1.29. The van der Waals surface area contributed by atoms with Crippen LogP contribution >= 0.6 is 11.8 Å². The van der Waals surface area contributed by atoms with Gasteiger partial charge in [-0.25, -0.2) is 0 Å². The summed E-state index contributed by atoms with van der Waals surface area (Å²) < 4.78 is 0. The van der Waals surface area contributed by atoms with Crippen LogP contribution in [0.5, 0.6) is 0 Å². The Morgan fingerprint density at radius 3 is 2.68 bits per heavy atom. The standard InChI is InChI=1S/C13H11NO4S/c1-8-4-2-3-5-9(8)6-10-12(17)14(7-11(15)16)13(18)19-10/h2-6H,7H2,1H3,(H,15,16)/b10-6+. The second-order valence-electron chi connectivity index (χ2n) is 4.02. The van der Waals surface area contributed by atoms with Crippen LogP contribution in [0.2, 0.25) is 0 Å². The van der Waals surface area contributed by atoms with E-state index in [0.29, 0.717) is 0 Å². The zero-order valence-corrected chi connectivity index (χ0v) is 10.9. The van der Waals surface area contributed by atoms with E-state index >= 15 is 0 Å². The number of aliphatic carboxylic acids is 1. The molecule has 1 N–H and O–H groups in total. The monoisotopic (exact) mass is 277 g/mol. The molecule has 1 aliphatic rings. The summed E-state index contributed by atoms with van der Waals surface area (Å²) in [6, 6.07) is 7.44. The summed E-state index contributed by atoms with van der Waals surface area (Å²) in [5.41, 5.74) is 1.82. The molecule has 0 spiro atoms. The van der Waals surface area contributed by atoms with Crippen LogP contribution < -0.4 is 0 Å². The molecule has 0 radical (unpaired) electrons. The molecule has 19 heavy (non-hydrogen) atoms. The van der Waals surface area contributed by atoms with Crippen molar-refractivity contribution < 1.29 is 19.5 Å². The van der Waals surface area contributed by atoms with Crippen LogP contribution in [0.4, 0.5) is 4.79 Å². The summed E-state index contributed by atoms with van der Waals surface area (Å²) in [7, 11) is 0. The predicted molar refractivity (Wildman–Crippen MR) is 71.5 cm³/mol. The van der Waals surface area contributed by atoms with E-state index in [4.69, 9.17) is 5.11 Å². The van der Waals surface area contributed by atoms with Gasteiger partial charge < -0.3 is 5.11 Å². The molecule has 1 aromatic rings. The van der Waals surface area contributed by atoms with Crippen LogP contribution in [0.1, 0.15) is 11.1 Å². The van der Waals surface area contributed by atoms with Gasteiger partial charge in [0.2, 0.25) is 0 Å².